The molecule has 0 amide bonds. The van der Waals surface area contributed by atoms with E-state index in [0.717, 1.165) is 0 Å². The summed E-state index contributed by atoms with van der Waals surface area (Å²) in [6.07, 6.45) is -0.131. The van der Waals surface area contributed by atoms with Gasteiger partial charge in [0, 0.05) is 0 Å². The van der Waals surface area contributed by atoms with Crippen molar-refractivity contribution in [3.05, 3.63) is 21.4 Å². The zero-order valence-corrected chi connectivity index (χ0v) is 9.57. The summed E-state index contributed by atoms with van der Waals surface area (Å²) >= 11 is 8.88. The number of ether oxygens (including phenoxy) is 1. The van der Waals surface area contributed by atoms with E-state index in [1.54, 1.807) is 19.9 Å². The van der Waals surface area contributed by atoms with Gasteiger partial charge in [0.2, 0.25) is 0 Å². The molecule has 0 aliphatic heterocycles. The van der Waals surface area contributed by atoms with E-state index >= 15 is 0 Å². The van der Waals surface area contributed by atoms with Gasteiger partial charge in [0.15, 0.2) is 0 Å². The van der Waals surface area contributed by atoms with Crippen molar-refractivity contribution >= 4 is 33.5 Å². The first kappa shape index (κ1) is 10.6. The number of aromatic amines is 1. The third kappa shape index (κ3) is 2.74. The molecule has 0 aromatic carbocycles. The van der Waals surface area contributed by atoms with E-state index in [4.69, 9.17) is 16.3 Å². The molecule has 0 atom stereocenters. The maximum absolute atomic E-state index is 11.3. The van der Waals surface area contributed by atoms with E-state index in [9.17, 15) is 4.79 Å². The van der Waals surface area contributed by atoms with Crippen LogP contribution in [0, 0.1) is 0 Å². The molecule has 1 aromatic heterocycles. The van der Waals surface area contributed by atoms with Gasteiger partial charge < -0.3 is 9.72 Å². The van der Waals surface area contributed by atoms with Crippen LogP contribution in [-0.2, 0) is 4.74 Å². The minimum Gasteiger partial charge on any atom is -0.458 e. The first-order chi connectivity index (χ1) is 6.00. The summed E-state index contributed by atoms with van der Waals surface area (Å²) in [4.78, 5) is 14.0. The van der Waals surface area contributed by atoms with Crippen molar-refractivity contribution in [1.29, 1.82) is 0 Å². The van der Waals surface area contributed by atoms with E-state index in [1.165, 1.54) is 0 Å². The number of hydrogen-bond donors (Lipinski definition) is 1. The lowest BCUT2D eigenvalue weighted by atomic mass is 10.4. The lowest BCUT2D eigenvalue weighted by molar-refractivity contribution is 0.0371. The Morgan fingerprint density at radius 1 is 1.69 bits per heavy atom. The fourth-order valence-electron chi connectivity index (χ4n) is 0.792. The Balaban J connectivity index is 2.77. The summed E-state index contributed by atoms with van der Waals surface area (Å²) in [6.45, 7) is 3.58. The van der Waals surface area contributed by atoms with E-state index in [-0.39, 0.29) is 6.10 Å². The van der Waals surface area contributed by atoms with Gasteiger partial charge in [0.05, 0.1) is 10.6 Å². The molecule has 1 rings (SSSR count). The van der Waals surface area contributed by atoms with Gasteiger partial charge >= 0.3 is 5.97 Å². The van der Waals surface area contributed by atoms with Crippen molar-refractivity contribution in [1.82, 2.24) is 4.98 Å². The molecule has 13 heavy (non-hydrogen) atoms. The zero-order valence-electron chi connectivity index (χ0n) is 7.23. The normalized spacial score (nSPS) is 10.5. The number of hydrogen-bond acceptors (Lipinski definition) is 2. The SMILES string of the molecule is CC(C)OC(=O)c1cc(Br)c(Cl)[nH]1. The van der Waals surface area contributed by atoms with Crippen LogP contribution in [0.1, 0.15) is 24.3 Å². The largest absolute Gasteiger partial charge is 0.458 e. The summed E-state index contributed by atoms with van der Waals surface area (Å²) in [5, 5.41) is 0.399. The molecule has 0 aliphatic rings. The molecular formula is C8H9BrClNO2. The fraction of sp³-hybridized carbons (Fsp3) is 0.375. The molecule has 0 unspecified atom stereocenters. The first-order valence-electron chi connectivity index (χ1n) is 3.75. The fourth-order valence-corrected chi connectivity index (χ4v) is 1.28. The van der Waals surface area contributed by atoms with Crippen LogP contribution < -0.4 is 0 Å². The maximum Gasteiger partial charge on any atom is 0.355 e. The predicted molar refractivity (Wildman–Crippen MR) is 54.1 cm³/mol. The predicted octanol–water partition coefficient (Wildman–Crippen LogP) is 3.00. The molecule has 5 heteroatoms. The minimum absolute atomic E-state index is 0.131. The average Bonchev–Trinajstić information content (AvgIpc) is 2.31. The molecule has 0 spiro atoms. The highest BCUT2D eigenvalue weighted by Gasteiger charge is 2.13. The van der Waals surface area contributed by atoms with Crippen molar-refractivity contribution in [2.24, 2.45) is 0 Å². The van der Waals surface area contributed by atoms with E-state index in [1.807, 2.05) is 0 Å². The molecule has 72 valence electrons. The van der Waals surface area contributed by atoms with Crippen molar-refractivity contribution in [3.8, 4) is 0 Å². The quantitative estimate of drug-likeness (QED) is 0.836. The van der Waals surface area contributed by atoms with Crippen LogP contribution in [0.5, 0.6) is 0 Å². The lowest BCUT2D eigenvalue weighted by Gasteiger charge is -2.05. The molecule has 1 heterocycles. The Labute approximate surface area is 89.5 Å². The van der Waals surface area contributed by atoms with Gasteiger partial charge in [-0.15, -0.1) is 0 Å². The van der Waals surface area contributed by atoms with Crippen molar-refractivity contribution < 1.29 is 9.53 Å². The van der Waals surface area contributed by atoms with Gasteiger partial charge in [-0.1, -0.05) is 11.6 Å². The van der Waals surface area contributed by atoms with Gasteiger partial charge in [-0.05, 0) is 35.8 Å². The monoisotopic (exact) mass is 265 g/mol. The Bertz CT molecular complexity index is 302. The number of nitrogens with one attached hydrogen (secondary N) is 1. The molecule has 3 nitrogen and oxygen atoms in total. The molecule has 1 aromatic rings. The molecule has 0 bridgehead atoms. The number of carbonyl (C=O) groups is 1. The number of carbonyl (C=O) groups excluding carboxylic acids is 1. The number of rotatable bonds is 2. The van der Waals surface area contributed by atoms with E-state index < -0.39 is 5.97 Å². The summed E-state index contributed by atoms with van der Waals surface area (Å²) in [7, 11) is 0. The molecule has 0 fully saturated rings. The highest BCUT2D eigenvalue weighted by molar-refractivity contribution is 9.10. The number of H-pyrrole nitrogens is 1. The van der Waals surface area contributed by atoms with Gasteiger partial charge in [-0.2, -0.15) is 0 Å². The second-order valence-electron chi connectivity index (χ2n) is 2.80. The topological polar surface area (TPSA) is 42.1 Å². The van der Waals surface area contributed by atoms with Gasteiger partial charge in [0.1, 0.15) is 10.8 Å². The Morgan fingerprint density at radius 3 is 2.69 bits per heavy atom. The molecular weight excluding hydrogens is 257 g/mol. The number of aromatic nitrogens is 1. The Hall–Kier alpha value is -0.480. The molecule has 0 saturated heterocycles. The average molecular weight is 267 g/mol. The highest BCUT2D eigenvalue weighted by Crippen LogP contribution is 2.22. The Morgan fingerprint density at radius 2 is 2.31 bits per heavy atom. The highest BCUT2D eigenvalue weighted by atomic mass is 79.9. The lowest BCUT2D eigenvalue weighted by Crippen LogP contribution is -2.11. The smallest absolute Gasteiger partial charge is 0.355 e. The number of halogens is 2. The first-order valence-corrected chi connectivity index (χ1v) is 4.92. The second-order valence-corrected chi connectivity index (χ2v) is 4.03. The minimum atomic E-state index is -0.400. The molecule has 1 N–H and O–H groups in total. The summed E-state index contributed by atoms with van der Waals surface area (Å²) in [5.74, 6) is -0.400. The van der Waals surface area contributed by atoms with Crippen molar-refractivity contribution in [2.45, 2.75) is 20.0 Å². The van der Waals surface area contributed by atoms with Gasteiger partial charge in [-0.25, -0.2) is 4.79 Å². The van der Waals surface area contributed by atoms with E-state index in [2.05, 4.69) is 20.9 Å². The molecule has 0 radical (unpaired) electrons. The van der Waals surface area contributed by atoms with Crippen LogP contribution in [-0.4, -0.2) is 17.1 Å². The second kappa shape index (κ2) is 4.15. The third-order valence-corrected chi connectivity index (χ3v) is 2.44. The molecule has 0 aliphatic carbocycles. The summed E-state index contributed by atoms with van der Waals surface area (Å²) in [6, 6.07) is 1.59. The van der Waals surface area contributed by atoms with Crippen LogP contribution >= 0.6 is 27.5 Å². The summed E-state index contributed by atoms with van der Waals surface area (Å²) in [5.41, 5.74) is 0.352. The number of esters is 1. The Kier molecular flexibility index (Phi) is 3.39. The standard InChI is InChI=1S/C8H9BrClNO2/c1-4(2)13-8(12)6-3-5(9)7(10)11-6/h3-4,11H,1-2H3. The molecule has 0 saturated carbocycles. The van der Waals surface area contributed by atoms with Gasteiger partial charge in [-0.3, -0.25) is 0 Å². The third-order valence-electron chi connectivity index (χ3n) is 1.29. The van der Waals surface area contributed by atoms with Crippen molar-refractivity contribution in [3.63, 3.8) is 0 Å². The van der Waals surface area contributed by atoms with Crippen LogP contribution in [0.15, 0.2) is 10.5 Å². The van der Waals surface area contributed by atoms with Crippen LogP contribution in [0.25, 0.3) is 0 Å². The van der Waals surface area contributed by atoms with Crippen LogP contribution in [0.3, 0.4) is 0 Å². The maximum atomic E-state index is 11.3. The van der Waals surface area contributed by atoms with Crippen molar-refractivity contribution in [2.75, 3.05) is 0 Å². The van der Waals surface area contributed by atoms with Crippen LogP contribution in [0.2, 0.25) is 5.15 Å². The van der Waals surface area contributed by atoms with E-state index in [0.29, 0.717) is 15.3 Å². The zero-order chi connectivity index (χ0) is 10.0. The summed E-state index contributed by atoms with van der Waals surface area (Å²) < 4.78 is 5.61. The van der Waals surface area contributed by atoms with Crippen LogP contribution in [0.4, 0.5) is 0 Å². The van der Waals surface area contributed by atoms with Gasteiger partial charge in [0.25, 0.3) is 0 Å².